The van der Waals surface area contributed by atoms with E-state index in [0.29, 0.717) is 12.3 Å². The molecule has 0 aliphatic heterocycles. The predicted octanol–water partition coefficient (Wildman–Crippen LogP) is 3.55. The SMILES string of the molecule is CCNC(=O)NC(=O)[C@H](N[C@H](c1ccccc1)c1ccco1)c1ccccc1. The van der Waals surface area contributed by atoms with Gasteiger partial charge in [0.2, 0.25) is 5.91 Å². The molecule has 0 aliphatic rings. The van der Waals surface area contributed by atoms with E-state index in [2.05, 4.69) is 16.0 Å². The molecule has 1 heterocycles. The Morgan fingerprint density at radius 1 is 0.893 bits per heavy atom. The van der Waals surface area contributed by atoms with Crippen LogP contribution in [0.1, 0.15) is 35.9 Å². The summed E-state index contributed by atoms with van der Waals surface area (Å²) in [5.74, 6) is 0.238. The van der Waals surface area contributed by atoms with Crippen molar-refractivity contribution < 1.29 is 14.0 Å². The molecule has 0 saturated heterocycles. The smallest absolute Gasteiger partial charge is 0.321 e. The van der Waals surface area contributed by atoms with Gasteiger partial charge in [-0.05, 0) is 30.2 Å². The highest BCUT2D eigenvalue weighted by Gasteiger charge is 2.28. The van der Waals surface area contributed by atoms with Crippen molar-refractivity contribution in [2.45, 2.75) is 19.0 Å². The maximum Gasteiger partial charge on any atom is 0.321 e. The number of carbonyl (C=O) groups is 2. The summed E-state index contributed by atoms with van der Waals surface area (Å²) in [7, 11) is 0. The highest BCUT2D eigenvalue weighted by Crippen LogP contribution is 2.26. The number of hydrogen-bond acceptors (Lipinski definition) is 4. The van der Waals surface area contributed by atoms with Crippen LogP contribution in [-0.2, 0) is 4.79 Å². The third-order valence-corrected chi connectivity index (χ3v) is 4.26. The van der Waals surface area contributed by atoms with Crippen molar-refractivity contribution in [2.75, 3.05) is 6.54 Å². The molecule has 1 aromatic heterocycles. The minimum absolute atomic E-state index is 0.360. The fourth-order valence-corrected chi connectivity index (χ4v) is 2.97. The number of rotatable bonds is 7. The number of furan rings is 1. The maximum atomic E-state index is 12.9. The summed E-state index contributed by atoms with van der Waals surface area (Å²) in [5.41, 5.74) is 1.70. The monoisotopic (exact) mass is 377 g/mol. The molecule has 3 amide bonds. The van der Waals surface area contributed by atoms with Gasteiger partial charge in [-0.1, -0.05) is 60.7 Å². The summed E-state index contributed by atoms with van der Waals surface area (Å²) in [6, 6.07) is 21.0. The average molecular weight is 377 g/mol. The van der Waals surface area contributed by atoms with Gasteiger partial charge in [-0.2, -0.15) is 0 Å². The lowest BCUT2D eigenvalue weighted by molar-refractivity contribution is -0.122. The Morgan fingerprint density at radius 3 is 2.11 bits per heavy atom. The largest absolute Gasteiger partial charge is 0.467 e. The fraction of sp³-hybridized carbons (Fsp3) is 0.182. The summed E-state index contributed by atoms with van der Waals surface area (Å²) in [6.45, 7) is 2.22. The number of urea groups is 1. The molecule has 6 heteroatoms. The third-order valence-electron chi connectivity index (χ3n) is 4.26. The van der Waals surface area contributed by atoms with Crippen LogP contribution in [0.25, 0.3) is 0 Å². The molecular weight excluding hydrogens is 354 g/mol. The number of imide groups is 1. The molecule has 0 radical (unpaired) electrons. The van der Waals surface area contributed by atoms with Crippen LogP contribution in [0.15, 0.2) is 83.5 Å². The van der Waals surface area contributed by atoms with Crippen LogP contribution in [0.2, 0.25) is 0 Å². The van der Waals surface area contributed by atoms with Crippen molar-refractivity contribution >= 4 is 11.9 Å². The molecule has 3 aromatic rings. The first-order valence-electron chi connectivity index (χ1n) is 9.17. The molecule has 3 rings (SSSR count). The van der Waals surface area contributed by atoms with Crippen LogP contribution in [0, 0.1) is 0 Å². The Labute approximate surface area is 164 Å². The molecule has 0 saturated carbocycles. The van der Waals surface area contributed by atoms with Gasteiger partial charge in [0.25, 0.3) is 0 Å². The van der Waals surface area contributed by atoms with Gasteiger partial charge >= 0.3 is 6.03 Å². The van der Waals surface area contributed by atoms with Crippen LogP contribution in [0.5, 0.6) is 0 Å². The number of benzene rings is 2. The van der Waals surface area contributed by atoms with E-state index < -0.39 is 18.0 Å². The molecule has 0 unspecified atom stereocenters. The van der Waals surface area contributed by atoms with E-state index in [9.17, 15) is 9.59 Å². The third kappa shape index (κ3) is 4.86. The van der Waals surface area contributed by atoms with Gasteiger partial charge in [0, 0.05) is 6.54 Å². The number of amides is 3. The summed E-state index contributed by atoms with van der Waals surface area (Å²) >= 11 is 0. The summed E-state index contributed by atoms with van der Waals surface area (Å²) in [4.78, 5) is 24.8. The highest BCUT2D eigenvalue weighted by molar-refractivity contribution is 5.97. The van der Waals surface area contributed by atoms with E-state index in [1.165, 1.54) is 0 Å². The zero-order valence-electron chi connectivity index (χ0n) is 15.6. The van der Waals surface area contributed by atoms with E-state index >= 15 is 0 Å². The lowest BCUT2D eigenvalue weighted by atomic mass is 10.00. The van der Waals surface area contributed by atoms with E-state index in [1.54, 1.807) is 19.3 Å². The fourth-order valence-electron chi connectivity index (χ4n) is 2.97. The maximum absolute atomic E-state index is 12.9. The second-order valence-electron chi connectivity index (χ2n) is 6.22. The first kappa shape index (κ1) is 19.4. The molecule has 0 aliphatic carbocycles. The molecule has 0 fully saturated rings. The van der Waals surface area contributed by atoms with E-state index in [4.69, 9.17) is 4.42 Å². The van der Waals surface area contributed by atoms with Gasteiger partial charge in [-0.25, -0.2) is 4.79 Å². The topological polar surface area (TPSA) is 83.4 Å². The highest BCUT2D eigenvalue weighted by atomic mass is 16.3. The average Bonchev–Trinajstić information content (AvgIpc) is 3.24. The molecule has 0 bridgehead atoms. The van der Waals surface area contributed by atoms with Crippen LogP contribution in [0.3, 0.4) is 0 Å². The molecular formula is C22H23N3O3. The Hall–Kier alpha value is -3.38. The van der Waals surface area contributed by atoms with E-state index in [1.807, 2.05) is 66.7 Å². The van der Waals surface area contributed by atoms with Crippen molar-refractivity contribution in [3.8, 4) is 0 Å². The van der Waals surface area contributed by atoms with Crippen molar-refractivity contribution in [3.63, 3.8) is 0 Å². The first-order chi connectivity index (χ1) is 13.7. The van der Waals surface area contributed by atoms with Gasteiger partial charge in [0.1, 0.15) is 11.8 Å². The molecule has 3 N–H and O–H groups in total. The normalized spacial score (nSPS) is 12.8. The minimum Gasteiger partial charge on any atom is -0.467 e. The Balaban J connectivity index is 1.92. The standard InChI is InChI=1S/C22H23N3O3/c1-2-23-22(27)25-21(26)20(17-12-7-4-8-13-17)24-19(18-14-9-15-28-18)16-10-5-3-6-11-16/h3-15,19-20,24H,2H2,1H3,(H2,23,25,26,27)/t19-,20-/m1/s1. The second-order valence-corrected chi connectivity index (χ2v) is 6.22. The summed E-state index contributed by atoms with van der Waals surface area (Å²) in [5, 5.41) is 8.33. The lowest BCUT2D eigenvalue weighted by Crippen LogP contribution is -2.45. The summed E-state index contributed by atoms with van der Waals surface area (Å²) < 4.78 is 5.61. The quantitative estimate of drug-likeness (QED) is 0.588. The second kappa shape index (κ2) is 9.53. The van der Waals surface area contributed by atoms with E-state index in [0.717, 1.165) is 11.1 Å². The van der Waals surface area contributed by atoms with E-state index in [-0.39, 0.29) is 6.04 Å². The van der Waals surface area contributed by atoms with Gasteiger partial charge in [0.05, 0.1) is 12.3 Å². The molecule has 2 atom stereocenters. The zero-order chi connectivity index (χ0) is 19.8. The van der Waals surface area contributed by atoms with Crippen molar-refractivity contribution in [2.24, 2.45) is 0 Å². The lowest BCUT2D eigenvalue weighted by Gasteiger charge is -2.24. The zero-order valence-corrected chi connectivity index (χ0v) is 15.6. The molecule has 6 nitrogen and oxygen atoms in total. The van der Waals surface area contributed by atoms with Gasteiger partial charge in [-0.3, -0.25) is 15.4 Å². The number of nitrogens with one attached hydrogen (secondary N) is 3. The Morgan fingerprint density at radius 2 is 1.54 bits per heavy atom. The first-order valence-corrected chi connectivity index (χ1v) is 9.17. The molecule has 144 valence electrons. The number of carbonyl (C=O) groups excluding carboxylic acids is 2. The Kier molecular flexibility index (Phi) is 6.59. The van der Waals surface area contributed by atoms with Crippen molar-refractivity contribution in [3.05, 3.63) is 95.9 Å². The molecule has 0 spiro atoms. The molecule has 2 aromatic carbocycles. The Bertz CT molecular complexity index is 880. The van der Waals surface area contributed by atoms with Crippen LogP contribution in [-0.4, -0.2) is 18.5 Å². The van der Waals surface area contributed by atoms with Gasteiger partial charge in [-0.15, -0.1) is 0 Å². The van der Waals surface area contributed by atoms with Crippen molar-refractivity contribution in [1.82, 2.24) is 16.0 Å². The predicted molar refractivity (Wildman–Crippen MR) is 107 cm³/mol. The van der Waals surface area contributed by atoms with Gasteiger partial charge < -0.3 is 9.73 Å². The number of hydrogen-bond donors (Lipinski definition) is 3. The van der Waals surface area contributed by atoms with Crippen molar-refractivity contribution in [1.29, 1.82) is 0 Å². The van der Waals surface area contributed by atoms with Crippen LogP contribution in [0.4, 0.5) is 4.79 Å². The van der Waals surface area contributed by atoms with Gasteiger partial charge in [0.15, 0.2) is 0 Å². The minimum atomic E-state index is -0.751. The van der Waals surface area contributed by atoms with Crippen LogP contribution >= 0.6 is 0 Å². The molecule has 28 heavy (non-hydrogen) atoms. The van der Waals surface area contributed by atoms with Crippen LogP contribution < -0.4 is 16.0 Å². The summed E-state index contributed by atoms with van der Waals surface area (Å²) in [6.07, 6.45) is 1.60.